The summed E-state index contributed by atoms with van der Waals surface area (Å²) >= 11 is 1.28. The molecule has 2 rings (SSSR count). The van der Waals surface area contributed by atoms with Gasteiger partial charge in [0.2, 0.25) is 0 Å². The van der Waals surface area contributed by atoms with Crippen LogP contribution in [0, 0.1) is 0 Å². The van der Waals surface area contributed by atoms with Crippen LogP contribution in [-0.4, -0.2) is 37.5 Å². The lowest BCUT2D eigenvalue weighted by Gasteiger charge is -2.23. The van der Waals surface area contributed by atoms with E-state index in [0.717, 1.165) is 30.6 Å². The molecular formula is C13H21NO3S2. The summed E-state index contributed by atoms with van der Waals surface area (Å²) in [6.07, 6.45) is 5.88. The summed E-state index contributed by atoms with van der Waals surface area (Å²) in [6.45, 7) is 1.33. The van der Waals surface area contributed by atoms with Gasteiger partial charge in [0.25, 0.3) is 10.0 Å². The fraction of sp³-hybridized carbons (Fsp3) is 0.692. The third-order valence-corrected chi connectivity index (χ3v) is 6.92. The predicted octanol–water partition coefficient (Wildman–Crippen LogP) is 2.24. The Kier molecular flexibility index (Phi) is 5.38. The molecule has 0 atom stereocenters. The molecule has 1 aliphatic heterocycles. The monoisotopic (exact) mass is 303 g/mol. The van der Waals surface area contributed by atoms with E-state index in [2.05, 4.69) is 0 Å². The van der Waals surface area contributed by atoms with Crippen molar-refractivity contribution in [2.75, 3.05) is 19.7 Å². The van der Waals surface area contributed by atoms with Gasteiger partial charge in [-0.2, -0.15) is 4.31 Å². The SMILES string of the molecule is O=S(=O)(c1ccc(CCO)s1)N1CCCCCCC1. The zero-order chi connectivity index (χ0) is 13.7. The highest BCUT2D eigenvalue weighted by Crippen LogP contribution is 2.26. The van der Waals surface area contributed by atoms with E-state index >= 15 is 0 Å². The molecule has 1 N–H and O–H groups in total. The van der Waals surface area contributed by atoms with Gasteiger partial charge in [0.05, 0.1) is 0 Å². The summed E-state index contributed by atoms with van der Waals surface area (Å²) in [6, 6.07) is 3.47. The molecule has 0 amide bonds. The van der Waals surface area contributed by atoms with Crippen molar-refractivity contribution in [2.24, 2.45) is 0 Å². The Balaban J connectivity index is 2.14. The van der Waals surface area contributed by atoms with Crippen LogP contribution in [0.3, 0.4) is 0 Å². The van der Waals surface area contributed by atoms with Crippen molar-refractivity contribution in [3.8, 4) is 0 Å². The van der Waals surface area contributed by atoms with Gasteiger partial charge in [0.15, 0.2) is 0 Å². The van der Waals surface area contributed by atoms with Gasteiger partial charge in [-0.05, 0) is 25.0 Å². The molecule has 1 fully saturated rings. The van der Waals surface area contributed by atoms with E-state index in [0.29, 0.717) is 23.7 Å². The van der Waals surface area contributed by atoms with E-state index in [4.69, 9.17) is 5.11 Å². The average Bonchev–Trinajstić information content (AvgIpc) is 2.77. The maximum absolute atomic E-state index is 12.5. The molecule has 4 nitrogen and oxygen atoms in total. The average molecular weight is 303 g/mol. The molecule has 1 aliphatic rings. The highest BCUT2D eigenvalue weighted by molar-refractivity contribution is 7.91. The van der Waals surface area contributed by atoms with Gasteiger partial charge < -0.3 is 5.11 Å². The van der Waals surface area contributed by atoms with E-state index < -0.39 is 10.0 Å². The summed E-state index contributed by atoms with van der Waals surface area (Å²) < 4.78 is 27.1. The first kappa shape index (κ1) is 15.0. The number of thiophene rings is 1. The van der Waals surface area contributed by atoms with Crippen molar-refractivity contribution >= 4 is 21.4 Å². The van der Waals surface area contributed by atoms with Crippen LogP contribution in [0.1, 0.15) is 37.0 Å². The van der Waals surface area contributed by atoms with Crippen LogP contribution in [0.15, 0.2) is 16.3 Å². The van der Waals surface area contributed by atoms with Gasteiger partial charge in [-0.1, -0.05) is 19.3 Å². The molecule has 1 aromatic rings. The van der Waals surface area contributed by atoms with Gasteiger partial charge in [0.1, 0.15) is 4.21 Å². The summed E-state index contributed by atoms with van der Waals surface area (Å²) in [5.74, 6) is 0. The number of hydrogen-bond donors (Lipinski definition) is 1. The van der Waals surface area contributed by atoms with Gasteiger partial charge >= 0.3 is 0 Å². The predicted molar refractivity (Wildman–Crippen MR) is 77.0 cm³/mol. The Hall–Kier alpha value is -0.430. The van der Waals surface area contributed by atoms with Gasteiger partial charge in [0, 0.05) is 31.0 Å². The lowest BCUT2D eigenvalue weighted by Crippen LogP contribution is -2.33. The van der Waals surface area contributed by atoms with Crippen molar-refractivity contribution in [3.63, 3.8) is 0 Å². The third-order valence-electron chi connectivity index (χ3n) is 3.40. The highest BCUT2D eigenvalue weighted by atomic mass is 32.2. The quantitative estimate of drug-likeness (QED) is 0.928. The number of hydrogen-bond acceptors (Lipinski definition) is 4. The topological polar surface area (TPSA) is 57.6 Å². The molecule has 0 radical (unpaired) electrons. The first-order valence-corrected chi connectivity index (χ1v) is 9.10. The molecule has 0 saturated carbocycles. The normalized spacial score (nSPS) is 19.0. The molecule has 0 aliphatic carbocycles. The molecule has 0 bridgehead atoms. The number of aliphatic hydroxyl groups excluding tert-OH is 1. The minimum absolute atomic E-state index is 0.0592. The van der Waals surface area contributed by atoms with Crippen molar-refractivity contribution in [2.45, 2.75) is 42.7 Å². The first-order valence-electron chi connectivity index (χ1n) is 6.84. The van der Waals surface area contributed by atoms with E-state index in [1.807, 2.05) is 0 Å². The van der Waals surface area contributed by atoms with E-state index in [9.17, 15) is 8.42 Å². The molecule has 108 valence electrons. The maximum Gasteiger partial charge on any atom is 0.252 e. The second kappa shape index (κ2) is 6.83. The van der Waals surface area contributed by atoms with Gasteiger partial charge in [-0.15, -0.1) is 11.3 Å². The van der Waals surface area contributed by atoms with Crippen LogP contribution in [0.2, 0.25) is 0 Å². The minimum atomic E-state index is -3.33. The van der Waals surface area contributed by atoms with Crippen LogP contribution in [0.25, 0.3) is 0 Å². The van der Waals surface area contributed by atoms with E-state index in [1.165, 1.54) is 17.8 Å². The first-order chi connectivity index (χ1) is 9.14. The number of rotatable bonds is 4. The highest BCUT2D eigenvalue weighted by Gasteiger charge is 2.26. The molecule has 19 heavy (non-hydrogen) atoms. The fourth-order valence-corrected chi connectivity index (χ4v) is 5.34. The minimum Gasteiger partial charge on any atom is -0.396 e. The van der Waals surface area contributed by atoms with Crippen molar-refractivity contribution < 1.29 is 13.5 Å². The van der Waals surface area contributed by atoms with Crippen LogP contribution < -0.4 is 0 Å². The molecule has 1 aromatic heterocycles. The van der Waals surface area contributed by atoms with Crippen LogP contribution in [0.5, 0.6) is 0 Å². The van der Waals surface area contributed by atoms with Gasteiger partial charge in [-0.25, -0.2) is 8.42 Å². The van der Waals surface area contributed by atoms with Crippen LogP contribution >= 0.6 is 11.3 Å². The largest absolute Gasteiger partial charge is 0.396 e. The summed E-state index contributed by atoms with van der Waals surface area (Å²) in [5, 5.41) is 8.90. The summed E-state index contributed by atoms with van der Waals surface area (Å²) in [7, 11) is -3.33. The second-order valence-corrected chi connectivity index (χ2v) is 8.20. The molecule has 0 unspecified atom stereocenters. The Morgan fingerprint density at radius 2 is 1.74 bits per heavy atom. The molecule has 1 saturated heterocycles. The van der Waals surface area contributed by atoms with Gasteiger partial charge in [-0.3, -0.25) is 0 Å². The summed E-state index contributed by atoms with van der Waals surface area (Å²) in [4.78, 5) is 0.924. The van der Waals surface area contributed by atoms with Crippen LogP contribution in [0.4, 0.5) is 0 Å². The Morgan fingerprint density at radius 3 is 2.37 bits per heavy atom. The van der Waals surface area contributed by atoms with E-state index in [-0.39, 0.29) is 6.61 Å². The van der Waals surface area contributed by atoms with Crippen LogP contribution in [-0.2, 0) is 16.4 Å². The molecule has 6 heteroatoms. The third kappa shape index (κ3) is 3.78. The lowest BCUT2D eigenvalue weighted by molar-refractivity contribution is 0.300. The van der Waals surface area contributed by atoms with Crippen molar-refractivity contribution in [1.29, 1.82) is 0 Å². The Morgan fingerprint density at radius 1 is 1.11 bits per heavy atom. The zero-order valence-electron chi connectivity index (χ0n) is 11.0. The van der Waals surface area contributed by atoms with Crippen molar-refractivity contribution in [3.05, 3.63) is 17.0 Å². The number of nitrogens with zero attached hydrogens (tertiary/aromatic N) is 1. The second-order valence-electron chi connectivity index (χ2n) is 4.87. The number of aliphatic hydroxyl groups is 1. The molecule has 2 heterocycles. The smallest absolute Gasteiger partial charge is 0.252 e. The molecular weight excluding hydrogens is 282 g/mol. The molecule has 0 spiro atoms. The van der Waals surface area contributed by atoms with E-state index in [1.54, 1.807) is 16.4 Å². The summed E-state index contributed by atoms with van der Waals surface area (Å²) in [5.41, 5.74) is 0. The molecule has 0 aromatic carbocycles. The zero-order valence-corrected chi connectivity index (χ0v) is 12.7. The van der Waals surface area contributed by atoms with Crippen molar-refractivity contribution in [1.82, 2.24) is 4.31 Å². The Bertz CT molecular complexity index is 488. The Labute approximate surface area is 119 Å². The lowest BCUT2D eigenvalue weighted by atomic mass is 10.1. The number of sulfonamides is 1. The standard InChI is InChI=1S/C13H21NO3S2/c15-11-8-12-6-7-13(18-12)19(16,17)14-9-4-2-1-3-5-10-14/h6-7,15H,1-5,8-11H2. The fourth-order valence-electron chi connectivity index (χ4n) is 2.33. The maximum atomic E-state index is 12.5.